The minimum atomic E-state index is -0.682. The van der Waals surface area contributed by atoms with Crippen molar-refractivity contribution in [3.05, 3.63) is 126 Å². The summed E-state index contributed by atoms with van der Waals surface area (Å²) in [6.07, 6.45) is 15.7. The van der Waals surface area contributed by atoms with Gasteiger partial charge in [0.2, 0.25) is 23.4 Å². The van der Waals surface area contributed by atoms with Crippen molar-refractivity contribution >= 4 is 93.4 Å². The molecule has 0 unspecified atom stereocenters. The fraction of sp³-hybridized carbons (Fsp3) is 0.327. The lowest BCUT2D eigenvalue weighted by molar-refractivity contribution is -0.116. The van der Waals surface area contributed by atoms with Gasteiger partial charge in [0.15, 0.2) is 23.3 Å². The molecule has 11 N–H and O–H groups in total. The van der Waals surface area contributed by atoms with Crippen LogP contribution in [0.4, 0.5) is 40.2 Å². The Bertz CT molecular complexity index is 3910. The highest BCUT2D eigenvalue weighted by molar-refractivity contribution is 6.09. The summed E-state index contributed by atoms with van der Waals surface area (Å²) < 4.78 is 12.0. The number of rotatable bonds is 26. The molecule has 8 rings (SSSR count). The van der Waals surface area contributed by atoms with Crippen molar-refractivity contribution in [1.29, 1.82) is 0 Å². The number of anilines is 7. The van der Waals surface area contributed by atoms with Gasteiger partial charge in [0.05, 0.1) is 22.7 Å². The number of aryl methyl sites for hydroxylation is 8. The molecular weight excluding hydrogens is 1130 g/mol. The lowest BCUT2D eigenvalue weighted by Gasteiger charge is -2.15. The van der Waals surface area contributed by atoms with E-state index in [4.69, 9.17) is 5.73 Å². The molecule has 9 amide bonds. The second-order valence-corrected chi connectivity index (χ2v) is 20.6. The molecule has 0 aromatic carbocycles. The molecule has 0 fully saturated rings. The SMILES string of the molecule is CN(CCCN)CCCNC(=O)c1cc(NC(=O)c2nc(NC(=O)c3nc(NC(=O)c4cc(NC(=O)CCCNC(=O)c5nc(NC(=O)c6cc(NC(=O)c7cc(NC(=O)c8nccn8C)cn7C)cn6C)cn5C)cn4C)cn3C)cn2C)cn1C. The van der Waals surface area contributed by atoms with Gasteiger partial charge >= 0.3 is 0 Å². The average molecular weight is 1200 g/mol. The number of hydrogen-bond acceptors (Lipinski definition) is 15. The number of imidazole rings is 4. The first-order chi connectivity index (χ1) is 41.4. The lowest BCUT2D eigenvalue weighted by Crippen LogP contribution is -2.30. The van der Waals surface area contributed by atoms with E-state index in [-0.39, 0.29) is 89.0 Å². The van der Waals surface area contributed by atoms with E-state index in [2.05, 4.69) is 72.7 Å². The molecule has 87 heavy (non-hydrogen) atoms. The first-order valence-electron chi connectivity index (χ1n) is 27.3. The smallest absolute Gasteiger partial charge is 0.292 e. The Balaban J connectivity index is 0.752. The van der Waals surface area contributed by atoms with E-state index in [1.165, 1.54) is 65.8 Å². The molecule has 0 saturated carbocycles. The molecule has 8 aromatic heterocycles. The molecule has 0 bridgehead atoms. The third-order valence-corrected chi connectivity index (χ3v) is 13.6. The zero-order valence-corrected chi connectivity index (χ0v) is 49.4. The number of amides is 9. The van der Waals surface area contributed by atoms with Crippen molar-refractivity contribution < 1.29 is 43.2 Å². The molecule has 458 valence electrons. The van der Waals surface area contributed by atoms with E-state index < -0.39 is 41.4 Å². The molecule has 0 saturated heterocycles. The Morgan fingerprint density at radius 1 is 0.414 bits per heavy atom. The minimum Gasteiger partial charge on any atom is -0.351 e. The Hall–Kier alpha value is -10.9. The van der Waals surface area contributed by atoms with Crippen LogP contribution in [0, 0.1) is 0 Å². The molecular formula is C55H69N23O9. The van der Waals surface area contributed by atoms with E-state index in [9.17, 15) is 43.2 Å². The monoisotopic (exact) mass is 1200 g/mol. The zero-order chi connectivity index (χ0) is 62.8. The maximum absolute atomic E-state index is 13.4. The number of nitrogens with zero attached hydrogens (tertiary/aromatic N) is 13. The first kappa shape index (κ1) is 62.2. The zero-order valence-electron chi connectivity index (χ0n) is 49.4. The quantitative estimate of drug-likeness (QED) is 0.0347. The molecule has 8 aromatic rings. The van der Waals surface area contributed by atoms with Gasteiger partial charge in [-0.3, -0.25) is 43.2 Å². The fourth-order valence-corrected chi connectivity index (χ4v) is 9.20. The molecule has 0 aliphatic carbocycles. The number of nitrogens with one attached hydrogen (secondary N) is 9. The molecule has 8 heterocycles. The van der Waals surface area contributed by atoms with Crippen LogP contribution in [0.5, 0.6) is 0 Å². The highest BCUT2D eigenvalue weighted by Gasteiger charge is 2.24. The first-order valence-corrected chi connectivity index (χ1v) is 27.3. The van der Waals surface area contributed by atoms with Gasteiger partial charge in [-0.25, -0.2) is 19.9 Å². The highest BCUT2D eigenvalue weighted by atomic mass is 16.2. The summed E-state index contributed by atoms with van der Waals surface area (Å²) >= 11 is 0. The third-order valence-electron chi connectivity index (χ3n) is 13.6. The van der Waals surface area contributed by atoms with Crippen LogP contribution in [0.3, 0.4) is 0 Å². The topological polar surface area (TPSA) is 382 Å². The number of hydrogen-bond donors (Lipinski definition) is 10. The van der Waals surface area contributed by atoms with E-state index in [0.717, 1.165) is 25.9 Å². The molecule has 32 heteroatoms. The van der Waals surface area contributed by atoms with Crippen LogP contribution in [0.25, 0.3) is 0 Å². The summed E-state index contributed by atoms with van der Waals surface area (Å²) in [6.45, 7) is 2.88. The van der Waals surface area contributed by atoms with Gasteiger partial charge in [-0.1, -0.05) is 0 Å². The predicted octanol–water partition coefficient (Wildman–Crippen LogP) is 2.04. The third kappa shape index (κ3) is 15.5. The largest absolute Gasteiger partial charge is 0.351 e. The number of nitrogens with two attached hydrogens (primary N) is 1. The van der Waals surface area contributed by atoms with Crippen molar-refractivity contribution in [2.75, 3.05) is 77.0 Å². The summed E-state index contributed by atoms with van der Waals surface area (Å²) in [5.74, 6) is -4.34. The van der Waals surface area contributed by atoms with Crippen LogP contribution in [-0.2, 0) is 61.2 Å². The van der Waals surface area contributed by atoms with Gasteiger partial charge in [-0.15, -0.1) is 0 Å². The Morgan fingerprint density at radius 3 is 1.24 bits per heavy atom. The Morgan fingerprint density at radius 2 is 0.782 bits per heavy atom. The number of carbonyl (C=O) groups excluding carboxylic acids is 9. The van der Waals surface area contributed by atoms with Crippen molar-refractivity contribution in [2.45, 2.75) is 25.7 Å². The predicted molar refractivity (Wildman–Crippen MR) is 321 cm³/mol. The van der Waals surface area contributed by atoms with Crippen molar-refractivity contribution in [2.24, 2.45) is 62.1 Å². The van der Waals surface area contributed by atoms with Crippen LogP contribution in [0.15, 0.2) is 80.0 Å². The standard InChI is InChI=1S/C55H69N23O9/c1-70(18-11-14-56)19-12-16-58-48(80)36-22-34(27-72(36)3)63-54(86)46-66-42(31-77(46)8)69-55(87)47-65-41(30-78(47)9)68-50(82)38-21-32(25-73(38)4)60-43(79)13-10-15-59-52(84)45-64-40(29-76(45)7)67-51(83)39-23-33(26-75(39)6)61-49(81)37-24-35(28-74(37)5)62-53(85)44-57-17-20-71(44)2/h17,20-31H,10-16,18-19,56H2,1-9H3,(H,58,80)(H,59,84)(H,60,79)(H,61,81)(H,62,85)(H,63,86)(H,67,83)(H,68,82)(H,69,87). The lowest BCUT2D eigenvalue weighted by atomic mass is 10.3. The fourth-order valence-electron chi connectivity index (χ4n) is 9.20. The maximum Gasteiger partial charge on any atom is 0.292 e. The van der Waals surface area contributed by atoms with Crippen LogP contribution >= 0.6 is 0 Å². The van der Waals surface area contributed by atoms with Crippen LogP contribution in [0.2, 0.25) is 0 Å². The normalized spacial score (nSPS) is 11.1. The van der Waals surface area contributed by atoms with E-state index >= 15 is 0 Å². The molecule has 0 aliphatic rings. The Labute approximate surface area is 497 Å². The summed E-state index contributed by atoms with van der Waals surface area (Å²) in [5, 5.41) is 24.6. The maximum atomic E-state index is 13.4. The van der Waals surface area contributed by atoms with Crippen LogP contribution in [0.1, 0.15) is 110 Å². The van der Waals surface area contributed by atoms with Crippen molar-refractivity contribution in [3.63, 3.8) is 0 Å². The second kappa shape index (κ2) is 27.2. The molecule has 0 radical (unpaired) electrons. The van der Waals surface area contributed by atoms with Gasteiger partial charge in [0.1, 0.15) is 22.8 Å². The van der Waals surface area contributed by atoms with Gasteiger partial charge in [-0.2, -0.15) is 0 Å². The summed E-state index contributed by atoms with van der Waals surface area (Å²) in [7, 11) is 15.0. The van der Waals surface area contributed by atoms with Crippen LogP contribution in [-0.4, -0.2) is 154 Å². The molecule has 0 aliphatic heterocycles. The number of aromatic nitrogens is 12. The molecule has 0 spiro atoms. The van der Waals surface area contributed by atoms with Crippen LogP contribution < -0.4 is 53.6 Å². The Kier molecular flexibility index (Phi) is 19.4. The highest BCUT2D eigenvalue weighted by Crippen LogP contribution is 2.22. The van der Waals surface area contributed by atoms with Gasteiger partial charge in [0.25, 0.3) is 47.3 Å². The van der Waals surface area contributed by atoms with Gasteiger partial charge in [0, 0.05) is 132 Å². The van der Waals surface area contributed by atoms with Crippen molar-refractivity contribution in [1.82, 2.24) is 72.0 Å². The van der Waals surface area contributed by atoms with E-state index in [0.29, 0.717) is 41.5 Å². The summed E-state index contributed by atoms with van der Waals surface area (Å²) in [5.41, 5.74) is 7.89. The van der Waals surface area contributed by atoms with Crippen molar-refractivity contribution in [3.8, 4) is 0 Å². The minimum absolute atomic E-state index is 0.00622. The number of carbonyl (C=O) groups is 9. The summed E-state index contributed by atoms with van der Waals surface area (Å²) in [4.78, 5) is 137. The average Bonchev–Trinajstić information content (AvgIpc) is 3.35. The van der Waals surface area contributed by atoms with Gasteiger partial charge < -0.3 is 95.0 Å². The summed E-state index contributed by atoms with van der Waals surface area (Å²) in [6, 6.07) is 6.00. The van der Waals surface area contributed by atoms with Gasteiger partial charge in [-0.05, 0) is 70.2 Å². The molecule has 0 atom stereocenters. The van der Waals surface area contributed by atoms with E-state index in [1.54, 1.807) is 107 Å². The second-order valence-electron chi connectivity index (χ2n) is 20.6. The van der Waals surface area contributed by atoms with E-state index in [1.807, 2.05) is 7.05 Å². The molecule has 32 nitrogen and oxygen atoms in total.